The Morgan fingerprint density at radius 2 is 1.71 bits per heavy atom. The van der Waals surface area contributed by atoms with E-state index in [-0.39, 0.29) is 5.91 Å². The first kappa shape index (κ1) is 16.3. The summed E-state index contributed by atoms with van der Waals surface area (Å²) in [5.74, 6) is -0.137. The van der Waals surface area contributed by atoms with Gasteiger partial charge in [0.15, 0.2) is 0 Å². The van der Waals surface area contributed by atoms with E-state index < -0.39 is 6.04 Å². The molecule has 3 aromatic rings. The standard InChI is InChI=1S/C19H18ClN3O/c1-13-18(20)12-23(22-13)14(2)19(24)21-17-10-8-16(9-11-17)15-6-4-3-5-7-15/h3-12,14H,1-2H3,(H,21,24). The first-order valence-electron chi connectivity index (χ1n) is 7.72. The molecule has 0 radical (unpaired) electrons. The van der Waals surface area contributed by atoms with Gasteiger partial charge in [-0.1, -0.05) is 54.1 Å². The summed E-state index contributed by atoms with van der Waals surface area (Å²) in [5, 5.41) is 7.71. The summed E-state index contributed by atoms with van der Waals surface area (Å²) < 4.78 is 1.57. The van der Waals surface area contributed by atoms with Gasteiger partial charge in [0.05, 0.1) is 10.7 Å². The first-order chi connectivity index (χ1) is 11.5. The molecule has 4 nitrogen and oxygen atoms in total. The van der Waals surface area contributed by atoms with Crippen LogP contribution in [0.1, 0.15) is 18.7 Å². The monoisotopic (exact) mass is 339 g/mol. The molecule has 0 aliphatic rings. The molecule has 0 saturated carbocycles. The zero-order valence-electron chi connectivity index (χ0n) is 13.5. The minimum absolute atomic E-state index is 0.137. The van der Waals surface area contributed by atoms with Crippen molar-refractivity contribution in [2.45, 2.75) is 19.9 Å². The number of carbonyl (C=O) groups is 1. The van der Waals surface area contributed by atoms with Crippen LogP contribution in [0.5, 0.6) is 0 Å². The summed E-state index contributed by atoms with van der Waals surface area (Å²) in [6, 6.07) is 17.4. The number of nitrogens with zero attached hydrogens (tertiary/aromatic N) is 2. The average Bonchev–Trinajstić information content (AvgIpc) is 2.94. The highest BCUT2D eigenvalue weighted by molar-refractivity contribution is 6.31. The lowest BCUT2D eigenvalue weighted by molar-refractivity contribution is -0.119. The third-order valence-corrected chi connectivity index (χ3v) is 4.26. The van der Waals surface area contributed by atoms with Crippen molar-refractivity contribution in [2.75, 3.05) is 5.32 Å². The molecule has 1 atom stereocenters. The number of rotatable bonds is 4. The maximum atomic E-state index is 12.4. The fraction of sp³-hybridized carbons (Fsp3) is 0.158. The van der Waals surface area contributed by atoms with Gasteiger partial charge in [-0.05, 0) is 37.1 Å². The van der Waals surface area contributed by atoms with Crippen molar-refractivity contribution in [3.63, 3.8) is 0 Å². The number of hydrogen-bond acceptors (Lipinski definition) is 2. The predicted molar refractivity (Wildman–Crippen MR) is 97.2 cm³/mol. The summed E-state index contributed by atoms with van der Waals surface area (Å²) >= 11 is 6.00. The van der Waals surface area contributed by atoms with E-state index in [0.29, 0.717) is 10.7 Å². The van der Waals surface area contributed by atoms with Gasteiger partial charge in [0.2, 0.25) is 5.91 Å². The zero-order chi connectivity index (χ0) is 17.1. The van der Waals surface area contributed by atoms with Gasteiger partial charge < -0.3 is 5.32 Å². The number of halogens is 1. The van der Waals surface area contributed by atoms with E-state index in [4.69, 9.17) is 11.6 Å². The Bertz CT molecular complexity index is 821. The van der Waals surface area contributed by atoms with E-state index in [0.717, 1.165) is 16.8 Å². The Hall–Kier alpha value is -2.59. The molecule has 0 saturated heterocycles. The van der Waals surface area contributed by atoms with Crippen LogP contribution >= 0.6 is 11.6 Å². The van der Waals surface area contributed by atoms with Crippen molar-refractivity contribution in [3.05, 3.63) is 71.5 Å². The Labute approximate surface area is 146 Å². The van der Waals surface area contributed by atoms with E-state index in [1.807, 2.05) is 49.4 Å². The SMILES string of the molecule is Cc1nn(C(C)C(=O)Nc2ccc(-c3ccccc3)cc2)cc1Cl. The Kier molecular flexibility index (Phi) is 4.67. The molecule has 1 heterocycles. The van der Waals surface area contributed by atoms with Gasteiger partial charge in [-0.2, -0.15) is 5.10 Å². The zero-order valence-corrected chi connectivity index (χ0v) is 14.3. The van der Waals surface area contributed by atoms with Crippen molar-refractivity contribution in [2.24, 2.45) is 0 Å². The van der Waals surface area contributed by atoms with Crippen LogP contribution < -0.4 is 5.32 Å². The van der Waals surface area contributed by atoms with Gasteiger partial charge >= 0.3 is 0 Å². The van der Waals surface area contributed by atoms with Crippen LogP contribution in [0, 0.1) is 6.92 Å². The molecule has 0 spiro atoms. The molecule has 2 aromatic carbocycles. The number of anilines is 1. The number of hydrogen-bond donors (Lipinski definition) is 1. The molecule has 1 aromatic heterocycles. The third-order valence-electron chi connectivity index (χ3n) is 3.89. The second kappa shape index (κ2) is 6.89. The van der Waals surface area contributed by atoms with Gasteiger partial charge in [-0.15, -0.1) is 0 Å². The fourth-order valence-corrected chi connectivity index (χ4v) is 2.54. The van der Waals surface area contributed by atoms with E-state index in [1.54, 1.807) is 17.8 Å². The lowest BCUT2D eigenvalue weighted by Crippen LogP contribution is -2.24. The molecule has 0 aliphatic heterocycles. The molecule has 1 unspecified atom stereocenters. The van der Waals surface area contributed by atoms with Crippen molar-refractivity contribution >= 4 is 23.2 Å². The number of aryl methyl sites for hydroxylation is 1. The van der Waals surface area contributed by atoms with Gasteiger partial charge in [0, 0.05) is 11.9 Å². The quantitative estimate of drug-likeness (QED) is 0.748. The topological polar surface area (TPSA) is 46.9 Å². The van der Waals surface area contributed by atoms with Crippen molar-refractivity contribution in [1.82, 2.24) is 9.78 Å². The van der Waals surface area contributed by atoms with Crippen LogP contribution in [0.25, 0.3) is 11.1 Å². The highest BCUT2D eigenvalue weighted by atomic mass is 35.5. The van der Waals surface area contributed by atoms with Gasteiger partial charge in [-0.25, -0.2) is 0 Å². The first-order valence-corrected chi connectivity index (χ1v) is 8.10. The van der Waals surface area contributed by atoms with Crippen LogP contribution in [-0.2, 0) is 4.79 Å². The predicted octanol–water partition coefficient (Wildman–Crippen LogP) is 4.71. The normalized spacial score (nSPS) is 12.0. The third kappa shape index (κ3) is 3.49. The maximum Gasteiger partial charge on any atom is 0.248 e. The molecule has 1 N–H and O–H groups in total. The lowest BCUT2D eigenvalue weighted by atomic mass is 10.1. The number of amides is 1. The molecule has 5 heteroatoms. The summed E-state index contributed by atoms with van der Waals surface area (Å²) in [7, 11) is 0. The van der Waals surface area contributed by atoms with E-state index in [1.165, 1.54) is 0 Å². The molecule has 1 amide bonds. The number of nitrogens with one attached hydrogen (secondary N) is 1. The van der Waals surface area contributed by atoms with E-state index in [9.17, 15) is 4.79 Å². The Morgan fingerprint density at radius 3 is 2.29 bits per heavy atom. The van der Waals surface area contributed by atoms with Crippen LogP contribution in [0.15, 0.2) is 60.8 Å². The van der Waals surface area contributed by atoms with E-state index in [2.05, 4.69) is 22.5 Å². The van der Waals surface area contributed by atoms with E-state index >= 15 is 0 Å². The van der Waals surface area contributed by atoms with Gasteiger partial charge in [-0.3, -0.25) is 9.48 Å². The molecule has 0 bridgehead atoms. The molecular formula is C19H18ClN3O. The highest BCUT2D eigenvalue weighted by Gasteiger charge is 2.17. The summed E-state index contributed by atoms with van der Waals surface area (Å²) in [6.45, 7) is 3.60. The molecular weight excluding hydrogens is 322 g/mol. The molecule has 0 fully saturated rings. The lowest BCUT2D eigenvalue weighted by Gasteiger charge is -2.13. The maximum absolute atomic E-state index is 12.4. The van der Waals surface area contributed by atoms with Crippen LogP contribution in [0.4, 0.5) is 5.69 Å². The number of benzene rings is 2. The molecule has 3 rings (SSSR count). The molecule has 122 valence electrons. The summed E-state index contributed by atoms with van der Waals surface area (Å²) in [4.78, 5) is 12.4. The van der Waals surface area contributed by atoms with Crippen LogP contribution in [0.2, 0.25) is 5.02 Å². The van der Waals surface area contributed by atoms with Crippen molar-refractivity contribution < 1.29 is 4.79 Å². The number of aromatic nitrogens is 2. The fourth-order valence-electron chi connectivity index (χ4n) is 2.40. The molecule has 24 heavy (non-hydrogen) atoms. The second-order valence-electron chi connectivity index (χ2n) is 5.65. The Morgan fingerprint density at radius 1 is 1.08 bits per heavy atom. The summed E-state index contributed by atoms with van der Waals surface area (Å²) in [5.41, 5.74) is 3.71. The Balaban J connectivity index is 1.70. The van der Waals surface area contributed by atoms with Crippen LogP contribution in [-0.4, -0.2) is 15.7 Å². The smallest absolute Gasteiger partial charge is 0.248 e. The summed E-state index contributed by atoms with van der Waals surface area (Å²) in [6.07, 6.45) is 1.67. The highest BCUT2D eigenvalue weighted by Crippen LogP contribution is 2.22. The van der Waals surface area contributed by atoms with Crippen molar-refractivity contribution in [3.8, 4) is 11.1 Å². The largest absolute Gasteiger partial charge is 0.324 e. The van der Waals surface area contributed by atoms with Gasteiger partial charge in [0.25, 0.3) is 0 Å². The van der Waals surface area contributed by atoms with Crippen LogP contribution in [0.3, 0.4) is 0 Å². The minimum Gasteiger partial charge on any atom is -0.324 e. The number of carbonyl (C=O) groups excluding carboxylic acids is 1. The molecule has 0 aliphatic carbocycles. The average molecular weight is 340 g/mol. The second-order valence-corrected chi connectivity index (χ2v) is 6.06. The van der Waals surface area contributed by atoms with Crippen molar-refractivity contribution in [1.29, 1.82) is 0 Å². The van der Waals surface area contributed by atoms with Gasteiger partial charge in [0.1, 0.15) is 6.04 Å². The minimum atomic E-state index is -0.440.